The number of hydrogen-bond donors (Lipinski definition) is 2. The first-order valence-electron chi connectivity index (χ1n) is 8.64. The Balaban J connectivity index is 1.55. The number of aromatic carboxylic acids is 1. The van der Waals surface area contributed by atoms with Crippen molar-refractivity contribution in [3.05, 3.63) is 65.7 Å². The van der Waals surface area contributed by atoms with Crippen LogP contribution < -0.4 is 4.74 Å². The molecule has 0 radical (unpaired) electrons. The summed E-state index contributed by atoms with van der Waals surface area (Å²) in [6.07, 6.45) is -0.726. The zero-order valence-corrected chi connectivity index (χ0v) is 14.7. The normalized spacial score (nSPS) is 18.9. The second-order valence-corrected chi connectivity index (χ2v) is 6.38. The van der Waals surface area contributed by atoms with Crippen LogP contribution in [0.3, 0.4) is 0 Å². The lowest BCUT2D eigenvalue weighted by atomic mass is 10.2. The largest absolute Gasteiger partial charge is 0.491 e. The Labute approximate surface area is 156 Å². The Morgan fingerprint density at radius 1 is 1.07 bits per heavy atom. The molecule has 3 rings (SSSR count). The van der Waals surface area contributed by atoms with E-state index in [1.165, 1.54) is 17.0 Å². The predicted octanol–water partition coefficient (Wildman–Crippen LogP) is 2.54. The number of ether oxygens (including phenoxy) is 2. The lowest BCUT2D eigenvalue weighted by molar-refractivity contribution is 0.0695. The smallest absolute Gasteiger partial charge is 0.410 e. The molecule has 0 bridgehead atoms. The molecular formula is C20H21NO6. The number of aliphatic hydroxyl groups excluding tert-OH is 1. The molecule has 0 saturated carbocycles. The van der Waals surface area contributed by atoms with Gasteiger partial charge >= 0.3 is 12.1 Å². The highest BCUT2D eigenvalue weighted by molar-refractivity contribution is 5.87. The average Bonchev–Trinajstić information content (AvgIpc) is 3.06. The highest BCUT2D eigenvalue weighted by atomic mass is 16.6. The molecule has 1 saturated heterocycles. The Bertz CT molecular complexity index is 777. The minimum absolute atomic E-state index is 0.163. The van der Waals surface area contributed by atoms with Crippen molar-refractivity contribution in [3.8, 4) is 5.75 Å². The van der Waals surface area contributed by atoms with Crippen molar-refractivity contribution in [2.24, 2.45) is 0 Å². The molecule has 0 aliphatic carbocycles. The van der Waals surface area contributed by atoms with Gasteiger partial charge in [-0.05, 0) is 36.2 Å². The lowest BCUT2D eigenvalue weighted by Crippen LogP contribution is -2.39. The van der Waals surface area contributed by atoms with Crippen molar-refractivity contribution in [1.82, 2.24) is 4.90 Å². The number of amides is 1. The van der Waals surface area contributed by atoms with Crippen LogP contribution in [0.5, 0.6) is 5.75 Å². The van der Waals surface area contributed by atoms with E-state index in [4.69, 9.17) is 14.6 Å². The average molecular weight is 371 g/mol. The van der Waals surface area contributed by atoms with Crippen molar-refractivity contribution in [3.63, 3.8) is 0 Å². The highest BCUT2D eigenvalue weighted by Crippen LogP contribution is 2.21. The van der Waals surface area contributed by atoms with E-state index < -0.39 is 18.2 Å². The Hall–Kier alpha value is -3.06. The molecule has 2 aromatic rings. The van der Waals surface area contributed by atoms with Gasteiger partial charge in [-0.3, -0.25) is 4.90 Å². The molecule has 0 aromatic heterocycles. The van der Waals surface area contributed by atoms with Crippen molar-refractivity contribution in [1.29, 1.82) is 0 Å². The van der Waals surface area contributed by atoms with Gasteiger partial charge in [-0.25, -0.2) is 9.59 Å². The van der Waals surface area contributed by atoms with E-state index >= 15 is 0 Å². The van der Waals surface area contributed by atoms with E-state index in [-0.39, 0.29) is 31.4 Å². The highest BCUT2D eigenvalue weighted by Gasteiger charge is 2.35. The molecule has 1 amide bonds. The van der Waals surface area contributed by atoms with Gasteiger partial charge in [-0.2, -0.15) is 0 Å². The first kappa shape index (κ1) is 18.7. The van der Waals surface area contributed by atoms with Gasteiger partial charge in [-0.1, -0.05) is 30.3 Å². The number of carboxylic acid groups (broad SMARTS) is 1. The van der Waals surface area contributed by atoms with E-state index in [0.29, 0.717) is 12.2 Å². The molecule has 0 unspecified atom stereocenters. The number of aliphatic hydroxyl groups is 1. The molecule has 142 valence electrons. The van der Waals surface area contributed by atoms with Gasteiger partial charge in [0.2, 0.25) is 0 Å². The van der Waals surface area contributed by atoms with Crippen LogP contribution in [0, 0.1) is 0 Å². The number of likely N-dealkylation sites (tertiary alicyclic amines) is 1. The zero-order chi connectivity index (χ0) is 19.2. The summed E-state index contributed by atoms with van der Waals surface area (Å²) in [7, 11) is 0. The van der Waals surface area contributed by atoms with Gasteiger partial charge in [0, 0.05) is 0 Å². The fraction of sp³-hybridized carbons (Fsp3) is 0.300. The monoisotopic (exact) mass is 371 g/mol. The minimum atomic E-state index is -1.01. The number of β-amino-alcohol motifs (C(OH)–C–C–N with tert-alkyl or cyclic N) is 1. The van der Waals surface area contributed by atoms with E-state index in [1.807, 2.05) is 30.3 Å². The summed E-state index contributed by atoms with van der Waals surface area (Å²) in [4.78, 5) is 24.7. The zero-order valence-electron chi connectivity index (χ0n) is 14.7. The first-order chi connectivity index (χ1) is 13.0. The quantitative estimate of drug-likeness (QED) is 0.810. The van der Waals surface area contributed by atoms with Crippen LogP contribution in [0.15, 0.2) is 54.6 Å². The van der Waals surface area contributed by atoms with Gasteiger partial charge in [-0.15, -0.1) is 0 Å². The van der Waals surface area contributed by atoms with Crippen LogP contribution in [0.2, 0.25) is 0 Å². The second-order valence-electron chi connectivity index (χ2n) is 6.38. The SMILES string of the molecule is O=C(O)c1ccc(OC[C@@H]2C[C@@H](O)CN2C(=O)OCc2ccccc2)cc1. The molecule has 27 heavy (non-hydrogen) atoms. The number of hydrogen-bond acceptors (Lipinski definition) is 5. The van der Waals surface area contributed by atoms with Crippen LogP contribution in [0.4, 0.5) is 4.79 Å². The molecule has 7 heteroatoms. The van der Waals surface area contributed by atoms with Crippen molar-refractivity contribution < 1.29 is 29.3 Å². The van der Waals surface area contributed by atoms with Gasteiger partial charge in [0.15, 0.2) is 0 Å². The predicted molar refractivity (Wildman–Crippen MR) is 96.6 cm³/mol. The van der Waals surface area contributed by atoms with Crippen LogP contribution in [-0.4, -0.2) is 52.5 Å². The second kappa shape index (κ2) is 8.55. The van der Waals surface area contributed by atoms with E-state index in [1.54, 1.807) is 12.1 Å². The number of nitrogens with zero attached hydrogens (tertiary/aromatic N) is 1. The number of benzene rings is 2. The standard InChI is InChI=1S/C20H21NO6/c22-17-10-16(13-26-18-8-6-15(7-9-18)19(23)24)21(11-17)20(25)27-12-14-4-2-1-3-5-14/h1-9,16-17,22H,10-13H2,(H,23,24)/t16-,17+/m0/s1. The third-order valence-electron chi connectivity index (χ3n) is 4.38. The van der Waals surface area contributed by atoms with E-state index in [9.17, 15) is 14.7 Å². The fourth-order valence-corrected chi connectivity index (χ4v) is 2.96. The van der Waals surface area contributed by atoms with Gasteiger partial charge in [0.1, 0.15) is 19.0 Å². The van der Waals surface area contributed by atoms with E-state index in [2.05, 4.69) is 0 Å². The summed E-state index contributed by atoms with van der Waals surface area (Å²) in [6, 6.07) is 15.1. The Kier molecular flexibility index (Phi) is 5.93. The van der Waals surface area contributed by atoms with Crippen LogP contribution in [-0.2, 0) is 11.3 Å². The number of carbonyl (C=O) groups excluding carboxylic acids is 1. The molecule has 1 aliphatic rings. The summed E-state index contributed by atoms with van der Waals surface area (Å²) < 4.78 is 11.0. The summed E-state index contributed by atoms with van der Waals surface area (Å²) in [6.45, 7) is 0.542. The van der Waals surface area contributed by atoms with Crippen molar-refractivity contribution >= 4 is 12.1 Å². The molecule has 2 aromatic carbocycles. The Morgan fingerprint density at radius 3 is 2.44 bits per heavy atom. The van der Waals surface area contributed by atoms with Crippen molar-refractivity contribution in [2.45, 2.75) is 25.2 Å². The molecule has 7 nitrogen and oxygen atoms in total. The number of carbonyl (C=O) groups is 2. The van der Waals surface area contributed by atoms with Gasteiger partial charge < -0.3 is 19.7 Å². The minimum Gasteiger partial charge on any atom is -0.491 e. The third kappa shape index (κ3) is 4.98. The number of carboxylic acids is 1. The topological polar surface area (TPSA) is 96.3 Å². The lowest BCUT2D eigenvalue weighted by Gasteiger charge is -2.23. The maximum Gasteiger partial charge on any atom is 0.410 e. The summed E-state index contributed by atoms with van der Waals surface area (Å²) in [5, 5.41) is 18.8. The van der Waals surface area contributed by atoms with Gasteiger partial charge in [0.25, 0.3) is 0 Å². The van der Waals surface area contributed by atoms with E-state index in [0.717, 1.165) is 5.56 Å². The van der Waals surface area contributed by atoms with Crippen molar-refractivity contribution in [2.75, 3.05) is 13.2 Å². The maximum absolute atomic E-state index is 12.4. The van der Waals surface area contributed by atoms with Crippen LogP contribution in [0.1, 0.15) is 22.3 Å². The molecule has 1 fully saturated rings. The number of rotatable bonds is 6. The maximum atomic E-state index is 12.4. The first-order valence-corrected chi connectivity index (χ1v) is 8.64. The third-order valence-corrected chi connectivity index (χ3v) is 4.38. The Morgan fingerprint density at radius 2 is 1.78 bits per heavy atom. The summed E-state index contributed by atoms with van der Waals surface area (Å²) in [5.74, 6) is -0.508. The summed E-state index contributed by atoms with van der Waals surface area (Å²) in [5.41, 5.74) is 1.06. The summed E-state index contributed by atoms with van der Waals surface area (Å²) >= 11 is 0. The molecule has 1 aliphatic heterocycles. The molecule has 2 atom stereocenters. The molecular weight excluding hydrogens is 350 g/mol. The molecule has 0 spiro atoms. The molecule has 1 heterocycles. The van der Waals surface area contributed by atoms with Crippen LogP contribution in [0.25, 0.3) is 0 Å². The van der Waals surface area contributed by atoms with Gasteiger partial charge in [0.05, 0.1) is 24.3 Å². The van der Waals surface area contributed by atoms with Crippen LogP contribution >= 0.6 is 0 Å². The fourth-order valence-electron chi connectivity index (χ4n) is 2.96. The molecule has 2 N–H and O–H groups in total.